The fraction of sp³-hybridized carbons (Fsp3) is 0.357. The van der Waals surface area contributed by atoms with Crippen molar-refractivity contribution in [3.63, 3.8) is 0 Å². The lowest BCUT2D eigenvalue weighted by Crippen LogP contribution is -2.30. The normalized spacial score (nSPS) is 16.6. The van der Waals surface area contributed by atoms with Crippen LogP contribution in [-0.2, 0) is 11.2 Å². The highest BCUT2D eigenvalue weighted by Gasteiger charge is 2.17. The Morgan fingerprint density at radius 2 is 2.18 bits per heavy atom. The van der Waals surface area contributed by atoms with Gasteiger partial charge >= 0.3 is 5.97 Å². The molecule has 90 valence electrons. The number of aryl methyl sites for hydroxylation is 1. The molecule has 0 aliphatic heterocycles. The van der Waals surface area contributed by atoms with Gasteiger partial charge in [-0.15, -0.1) is 0 Å². The van der Waals surface area contributed by atoms with Crippen molar-refractivity contribution < 1.29 is 9.90 Å². The predicted molar refractivity (Wildman–Crippen MR) is 67.6 cm³/mol. The van der Waals surface area contributed by atoms with E-state index in [-0.39, 0.29) is 0 Å². The molecule has 1 aliphatic carbocycles. The zero-order valence-corrected chi connectivity index (χ0v) is 9.73. The van der Waals surface area contributed by atoms with Crippen LogP contribution in [-0.4, -0.2) is 17.1 Å². The van der Waals surface area contributed by atoms with Gasteiger partial charge in [-0.1, -0.05) is 30.3 Å². The van der Waals surface area contributed by atoms with Crippen molar-refractivity contribution in [1.82, 2.24) is 0 Å². The molecule has 0 spiro atoms. The van der Waals surface area contributed by atoms with Gasteiger partial charge in [-0.05, 0) is 42.4 Å². The highest BCUT2D eigenvalue weighted by Crippen LogP contribution is 2.28. The highest BCUT2D eigenvalue weighted by molar-refractivity contribution is 5.78. The molecule has 3 heteroatoms. The Kier molecular flexibility index (Phi) is 3.59. The van der Waals surface area contributed by atoms with Crippen molar-refractivity contribution in [2.24, 2.45) is 5.73 Å². The van der Waals surface area contributed by atoms with Gasteiger partial charge in [-0.25, -0.2) is 0 Å². The number of hydrogen-bond donors (Lipinski definition) is 2. The summed E-state index contributed by atoms with van der Waals surface area (Å²) in [5, 5.41) is 8.88. The van der Waals surface area contributed by atoms with Gasteiger partial charge in [0.25, 0.3) is 0 Å². The molecule has 1 unspecified atom stereocenters. The average Bonchev–Trinajstić information content (AvgIpc) is 2.52. The second-order valence-corrected chi connectivity index (χ2v) is 4.43. The van der Waals surface area contributed by atoms with Gasteiger partial charge in [0.15, 0.2) is 0 Å². The van der Waals surface area contributed by atoms with Gasteiger partial charge in [0.2, 0.25) is 0 Å². The molecule has 1 aromatic carbocycles. The molecular weight excluding hydrogens is 214 g/mol. The fourth-order valence-corrected chi connectivity index (χ4v) is 2.25. The second kappa shape index (κ2) is 5.15. The molecule has 17 heavy (non-hydrogen) atoms. The predicted octanol–water partition coefficient (Wildman–Crippen LogP) is 2.21. The SMILES string of the molecule is NC(CC1=CCCCc2ccccc21)C(=O)O. The Balaban J connectivity index is 2.28. The van der Waals surface area contributed by atoms with E-state index in [1.807, 2.05) is 12.1 Å². The van der Waals surface area contributed by atoms with Crippen LogP contribution in [0, 0.1) is 0 Å². The monoisotopic (exact) mass is 231 g/mol. The summed E-state index contributed by atoms with van der Waals surface area (Å²) in [5.74, 6) is -0.937. The largest absolute Gasteiger partial charge is 0.480 e. The number of aliphatic carboxylic acids is 1. The van der Waals surface area contributed by atoms with Crippen LogP contribution in [0.1, 0.15) is 30.4 Å². The summed E-state index contributed by atoms with van der Waals surface area (Å²) in [4.78, 5) is 10.8. The molecule has 0 fully saturated rings. The van der Waals surface area contributed by atoms with Gasteiger partial charge < -0.3 is 10.8 Å². The summed E-state index contributed by atoms with van der Waals surface area (Å²) in [6.45, 7) is 0. The number of carbonyl (C=O) groups is 1. The van der Waals surface area contributed by atoms with Crippen LogP contribution in [0.25, 0.3) is 5.57 Å². The summed E-state index contributed by atoms with van der Waals surface area (Å²) in [5.41, 5.74) is 9.16. The van der Waals surface area contributed by atoms with Crippen LogP contribution in [0.5, 0.6) is 0 Å². The van der Waals surface area contributed by atoms with Crippen molar-refractivity contribution in [1.29, 1.82) is 0 Å². The van der Waals surface area contributed by atoms with Crippen LogP contribution >= 0.6 is 0 Å². The molecule has 3 N–H and O–H groups in total. The van der Waals surface area contributed by atoms with Crippen molar-refractivity contribution in [2.45, 2.75) is 31.7 Å². The smallest absolute Gasteiger partial charge is 0.320 e. The minimum atomic E-state index is -0.937. The maximum Gasteiger partial charge on any atom is 0.320 e. The fourth-order valence-electron chi connectivity index (χ4n) is 2.25. The quantitative estimate of drug-likeness (QED) is 0.838. The Labute approximate surface area is 101 Å². The molecule has 3 nitrogen and oxygen atoms in total. The first-order valence-corrected chi connectivity index (χ1v) is 5.94. The van der Waals surface area contributed by atoms with Gasteiger partial charge in [0.1, 0.15) is 6.04 Å². The zero-order chi connectivity index (χ0) is 12.3. The molecule has 0 saturated heterocycles. The number of allylic oxidation sites excluding steroid dienone is 1. The van der Waals surface area contributed by atoms with Gasteiger partial charge in [-0.3, -0.25) is 4.79 Å². The molecule has 0 saturated carbocycles. The Bertz CT molecular complexity index is 451. The van der Waals surface area contributed by atoms with Crippen LogP contribution in [0.4, 0.5) is 0 Å². The molecule has 0 aromatic heterocycles. The van der Waals surface area contributed by atoms with E-state index in [0.29, 0.717) is 6.42 Å². The lowest BCUT2D eigenvalue weighted by atomic mass is 9.95. The zero-order valence-electron chi connectivity index (χ0n) is 9.73. The number of fused-ring (bicyclic) bond motifs is 1. The standard InChI is InChI=1S/C14H17NO2/c15-13(14(16)17)9-11-7-2-1-5-10-6-3-4-8-12(10)11/h3-4,6-8,13H,1-2,5,9,15H2,(H,16,17). The summed E-state index contributed by atoms with van der Waals surface area (Å²) < 4.78 is 0. The van der Waals surface area contributed by atoms with E-state index in [4.69, 9.17) is 10.8 Å². The summed E-state index contributed by atoms with van der Waals surface area (Å²) >= 11 is 0. The van der Waals surface area contributed by atoms with E-state index in [1.54, 1.807) is 0 Å². The summed E-state index contributed by atoms with van der Waals surface area (Å²) in [6, 6.07) is 7.37. The topological polar surface area (TPSA) is 63.3 Å². The molecule has 2 rings (SSSR count). The van der Waals surface area contributed by atoms with Crippen LogP contribution in [0.15, 0.2) is 30.3 Å². The maximum absolute atomic E-state index is 10.8. The number of carboxylic acid groups (broad SMARTS) is 1. The first-order valence-electron chi connectivity index (χ1n) is 5.94. The van der Waals surface area contributed by atoms with Crippen molar-refractivity contribution in [3.8, 4) is 0 Å². The number of hydrogen-bond acceptors (Lipinski definition) is 2. The van der Waals surface area contributed by atoms with E-state index in [0.717, 1.165) is 24.8 Å². The third-order valence-corrected chi connectivity index (χ3v) is 3.16. The summed E-state index contributed by atoms with van der Waals surface area (Å²) in [7, 11) is 0. The second-order valence-electron chi connectivity index (χ2n) is 4.43. The van der Waals surface area contributed by atoms with Crippen molar-refractivity contribution in [3.05, 3.63) is 41.5 Å². The van der Waals surface area contributed by atoms with Gasteiger partial charge in [0, 0.05) is 0 Å². The lowest BCUT2D eigenvalue weighted by Gasteiger charge is -2.13. The highest BCUT2D eigenvalue weighted by atomic mass is 16.4. The number of nitrogens with two attached hydrogens (primary N) is 1. The number of rotatable bonds is 3. The van der Waals surface area contributed by atoms with Crippen molar-refractivity contribution >= 4 is 11.5 Å². The summed E-state index contributed by atoms with van der Waals surface area (Å²) in [6.07, 6.45) is 5.71. The van der Waals surface area contributed by atoms with E-state index in [2.05, 4.69) is 18.2 Å². The first kappa shape index (κ1) is 11.9. The first-order chi connectivity index (χ1) is 8.18. The minimum Gasteiger partial charge on any atom is -0.480 e. The third-order valence-electron chi connectivity index (χ3n) is 3.16. The number of carboxylic acids is 1. The molecule has 0 radical (unpaired) electrons. The molecule has 0 heterocycles. The van der Waals surface area contributed by atoms with Gasteiger partial charge in [-0.2, -0.15) is 0 Å². The minimum absolute atomic E-state index is 0.409. The molecule has 1 aliphatic rings. The van der Waals surface area contributed by atoms with Crippen LogP contribution in [0.3, 0.4) is 0 Å². The third kappa shape index (κ3) is 2.74. The molecule has 0 bridgehead atoms. The van der Waals surface area contributed by atoms with E-state index in [1.165, 1.54) is 11.1 Å². The molecule has 1 atom stereocenters. The van der Waals surface area contributed by atoms with Crippen LogP contribution in [0.2, 0.25) is 0 Å². The number of benzene rings is 1. The maximum atomic E-state index is 10.8. The molecular formula is C14H17NO2. The lowest BCUT2D eigenvalue weighted by molar-refractivity contribution is -0.138. The average molecular weight is 231 g/mol. The Morgan fingerprint density at radius 3 is 2.94 bits per heavy atom. The Hall–Kier alpha value is -1.61. The molecule has 0 amide bonds. The Morgan fingerprint density at radius 1 is 1.41 bits per heavy atom. The van der Waals surface area contributed by atoms with Gasteiger partial charge in [0.05, 0.1) is 0 Å². The molecule has 1 aromatic rings. The van der Waals surface area contributed by atoms with Crippen molar-refractivity contribution in [2.75, 3.05) is 0 Å². The van der Waals surface area contributed by atoms with E-state index in [9.17, 15) is 4.79 Å². The van der Waals surface area contributed by atoms with Crippen LogP contribution < -0.4 is 5.73 Å². The van der Waals surface area contributed by atoms with E-state index >= 15 is 0 Å². The van der Waals surface area contributed by atoms with E-state index < -0.39 is 12.0 Å².